The van der Waals surface area contributed by atoms with Gasteiger partial charge in [-0.25, -0.2) is 4.79 Å². The first-order valence-corrected chi connectivity index (χ1v) is 20.2. The van der Waals surface area contributed by atoms with Crippen LogP contribution in [0.2, 0.25) is 0 Å². The Bertz CT molecular complexity index is 2070. The molecule has 10 heteroatoms. The van der Waals surface area contributed by atoms with Gasteiger partial charge in [-0.2, -0.15) is 0 Å². The summed E-state index contributed by atoms with van der Waals surface area (Å²) >= 11 is 0. The summed E-state index contributed by atoms with van der Waals surface area (Å²) < 4.78 is 18.8. The standard InChI is InChI=1S/C47H53N3O7/c1-46(2)23-37-24-47(3,29-46)30-49(37)26-38-21-41(34-15-13-31(27-51)14-16-34)57-44(56-38)35-19-17-33(18-20-35)39-12-8-7-11-36(39)25-50-42(52)22-40(43(50)53)48-45(54)55-28-32-9-5-4-6-10-32/h4-20,37-38,40-41,44,51H,21-30H2,1-3H3,(H,48,54). The number of ether oxygens (including phenoxy) is 3. The minimum atomic E-state index is -0.983. The fraction of sp³-hybridized carbons (Fsp3) is 0.426. The number of benzene rings is 4. The van der Waals surface area contributed by atoms with Crippen LogP contribution in [0.5, 0.6) is 0 Å². The average molecular weight is 772 g/mol. The number of likely N-dealkylation sites (tertiary alicyclic amines) is 2. The van der Waals surface area contributed by atoms with Crippen molar-refractivity contribution in [2.24, 2.45) is 10.8 Å². The van der Waals surface area contributed by atoms with E-state index < -0.39 is 24.3 Å². The summed E-state index contributed by atoms with van der Waals surface area (Å²) in [6, 6.07) is 32.7. The highest BCUT2D eigenvalue weighted by Gasteiger charge is 2.50. The van der Waals surface area contributed by atoms with Crippen LogP contribution in [0.3, 0.4) is 0 Å². The van der Waals surface area contributed by atoms with Crippen LogP contribution in [0.25, 0.3) is 11.1 Å². The zero-order valence-electron chi connectivity index (χ0n) is 33.1. The van der Waals surface area contributed by atoms with Gasteiger partial charge in [-0.3, -0.25) is 19.4 Å². The average Bonchev–Trinajstić information content (AvgIpc) is 3.61. The van der Waals surface area contributed by atoms with E-state index >= 15 is 0 Å². The van der Waals surface area contributed by atoms with Crippen molar-refractivity contribution in [3.05, 3.63) is 131 Å². The van der Waals surface area contributed by atoms with Crippen molar-refractivity contribution in [3.8, 4) is 11.1 Å². The largest absolute Gasteiger partial charge is 0.445 e. The van der Waals surface area contributed by atoms with Crippen molar-refractivity contribution in [3.63, 3.8) is 0 Å². The predicted molar refractivity (Wildman–Crippen MR) is 215 cm³/mol. The van der Waals surface area contributed by atoms with Gasteiger partial charge >= 0.3 is 6.09 Å². The lowest BCUT2D eigenvalue weighted by molar-refractivity contribution is -0.253. The molecular formula is C47H53N3O7. The summed E-state index contributed by atoms with van der Waals surface area (Å²) in [4.78, 5) is 42.9. The summed E-state index contributed by atoms with van der Waals surface area (Å²) in [5, 5.41) is 12.2. The SMILES string of the molecule is CC1(C)CC2CC(C)(CN2CC2CC(c3ccc(CO)cc3)OC(c3ccc(-c4ccccc4CN4C(=O)CC(NC(=O)OCc5ccccc5)C4=O)cc3)O2)C1. The molecule has 8 rings (SSSR count). The first kappa shape index (κ1) is 39.0. The number of aliphatic hydroxyl groups excluding tert-OH is 1. The van der Waals surface area contributed by atoms with E-state index in [0.717, 1.165) is 58.5 Å². The molecule has 2 N–H and O–H groups in total. The first-order valence-electron chi connectivity index (χ1n) is 20.2. The maximum absolute atomic E-state index is 13.4. The van der Waals surface area contributed by atoms with Gasteiger partial charge in [-0.05, 0) is 63.5 Å². The Hall–Kier alpha value is -4.87. The lowest BCUT2D eigenvalue weighted by Gasteiger charge is -2.41. The molecule has 6 atom stereocenters. The highest BCUT2D eigenvalue weighted by atomic mass is 16.7. The van der Waals surface area contributed by atoms with Gasteiger partial charge in [0.1, 0.15) is 12.6 Å². The molecule has 6 unspecified atom stereocenters. The molecule has 4 aliphatic rings. The van der Waals surface area contributed by atoms with Gasteiger partial charge in [0, 0.05) is 31.1 Å². The van der Waals surface area contributed by atoms with Crippen molar-refractivity contribution in [1.29, 1.82) is 0 Å². The number of carbonyl (C=O) groups is 3. The second-order valence-corrected chi connectivity index (χ2v) is 17.6. The molecule has 4 aromatic carbocycles. The van der Waals surface area contributed by atoms with Crippen molar-refractivity contribution < 1.29 is 33.7 Å². The molecule has 4 fully saturated rings. The molecule has 1 saturated carbocycles. The Kier molecular flexibility index (Phi) is 11.1. The molecule has 298 valence electrons. The predicted octanol–water partition coefficient (Wildman–Crippen LogP) is 7.85. The van der Waals surface area contributed by atoms with Crippen molar-refractivity contribution in [2.75, 3.05) is 13.1 Å². The molecule has 57 heavy (non-hydrogen) atoms. The summed E-state index contributed by atoms with van der Waals surface area (Å²) in [5.41, 5.74) is 6.95. The molecule has 0 aromatic heterocycles. The van der Waals surface area contributed by atoms with Gasteiger partial charge in [-0.1, -0.05) is 124 Å². The van der Waals surface area contributed by atoms with Crippen LogP contribution in [0.1, 0.15) is 93.1 Å². The van der Waals surface area contributed by atoms with Crippen LogP contribution in [0, 0.1) is 10.8 Å². The Morgan fingerprint density at radius 1 is 0.860 bits per heavy atom. The van der Waals surface area contributed by atoms with E-state index in [2.05, 4.69) is 31.0 Å². The number of carbonyl (C=O) groups excluding carboxylic acids is 3. The van der Waals surface area contributed by atoms with Crippen LogP contribution in [-0.4, -0.2) is 64.1 Å². The van der Waals surface area contributed by atoms with E-state index in [4.69, 9.17) is 14.2 Å². The fourth-order valence-corrected chi connectivity index (χ4v) is 9.88. The maximum Gasteiger partial charge on any atom is 0.408 e. The van der Waals surface area contributed by atoms with Crippen LogP contribution in [0.4, 0.5) is 4.79 Å². The second-order valence-electron chi connectivity index (χ2n) is 17.6. The van der Waals surface area contributed by atoms with Crippen molar-refractivity contribution in [1.82, 2.24) is 15.1 Å². The second kappa shape index (κ2) is 16.2. The minimum absolute atomic E-state index is 0.00447. The monoisotopic (exact) mass is 771 g/mol. The van der Waals surface area contributed by atoms with Crippen LogP contribution < -0.4 is 5.32 Å². The van der Waals surface area contributed by atoms with Crippen molar-refractivity contribution in [2.45, 2.75) is 103 Å². The zero-order valence-corrected chi connectivity index (χ0v) is 33.1. The zero-order chi connectivity index (χ0) is 39.7. The van der Waals surface area contributed by atoms with Crippen molar-refractivity contribution >= 4 is 17.9 Å². The lowest BCUT2D eigenvalue weighted by atomic mass is 9.65. The van der Waals surface area contributed by atoms with E-state index in [9.17, 15) is 19.5 Å². The lowest BCUT2D eigenvalue weighted by Crippen LogP contribution is -2.42. The summed E-state index contributed by atoms with van der Waals surface area (Å²) in [6.07, 6.45) is 2.77. The molecule has 3 amide bonds. The molecule has 0 spiro atoms. The highest BCUT2D eigenvalue weighted by Crippen LogP contribution is 2.53. The number of fused-ring (bicyclic) bond motifs is 2. The first-order chi connectivity index (χ1) is 27.4. The van der Waals surface area contributed by atoms with Gasteiger partial charge in [-0.15, -0.1) is 0 Å². The van der Waals surface area contributed by atoms with E-state index in [1.54, 1.807) is 0 Å². The number of rotatable bonds is 11. The smallest absolute Gasteiger partial charge is 0.408 e. The van der Waals surface area contributed by atoms with Gasteiger partial charge in [0.25, 0.3) is 5.91 Å². The Balaban J connectivity index is 0.959. The van der Waals surface area contributed by atoms with Crippen LogP contribution in [0.15, 0.2) is 103 Å². The molecule has 2 bridgehead atoms. The Morgan fingerprint density at radius 2 is 1.58 bits per heavy atom. The number of aliphatic hydroxyl groups is 1. The van der Waals surface area contributed by atoms with Crippen LogP contribution >= 0.6 is 0 Å². The summed E-state index contributed by atoms with van der Waals surface area (Å²) in [7, 11) is 0. The third kappa shape index (κ3) is 8.84. The van der Waals surface area contributed by atoms with E-state index in [1.165, 1.54) is 24.2 Å². The third-order valence-corrected chi connectivity index (χ3v) is 12.2. The minimum Gasteiger partial charge on any atom is -0.445 e. The number of hydrogen-bond donors (Lipinski definition) is 2. The maximum atomic E-state index is 13.4. The summed E-state index contributed by atoms with van der Waals surface area (Å²) in [5.74, 6) is -0.811. The number of nitrogens with one attached hydrogen (secondary N) is 1. The van der Waals surface area contributed by atoms with Gasteiger partial charge < -0.3 is 24.6 Å². The molecule has 4 aromatic rings. The number of hydrogen-bond acceptors (Lipinski definition) is 8. The summed E-state index contributed by atoms with van der Waals surface area (Å²) in [6.45, 7) is 9.33. The highest BCUT2D eigenvalue weighted by molar-refractivity contribution is 6.06. The quantitative estimate of drug-likeness (QED) is 0.148. The van der Waals surface area contributed by atoms with E-state index in [-0.39, 0.29) is 44.3 Å². The van der Waals surface area contributed by atoms with Gasteiger partial charge in [0.15, 0.2) is 6.29 Å². The normalized spacial score (nSPS) is 27.1. The van der Waals surface area contributed by atoms with Crippen LogP contribution in [-0.2, 0) is 43.6 Å². The fourth-order valence-electron chi connectivity index (χ4n) is 9.88. The Labute approximate surface area is 335 Å². The third-order valence-electron chi connectivity index (χ3n) is 12.2. The molecule has 1 aliphatic carbocycles. The molecule has 3 heterocycles. The molecule has 0 radical (unpaired) electrons. The molecular weight excluding hydrogens is 719 g/mol. The van der Waals surface area contributed by atoms with E-state index in [1.807, 2.05) is 103 Å². The van der Waals surface area contributed by atoms with Gasteiger partial charge in [0.2, 0.25) is 5.91 Å². The number of nitrogens with zero attached hydrogens (tertiary/aromatic N) is 2. The molecule has 3 saturated heterocycles. The van der Waals surface area contributed by atoms with E-state index in [0.29, 0.717) is 16.9 Å². The van der Waals surface area contributed by atoms with Gasteiger partial charge in [0.05, 0.1) is 31.8 Å². The number of imide groups is 1. The Morgan fingerprint density at radius 3 is 2.33 bits per heavy atom. The number of amides is 3. The molecule has 10 nitrogen and oxygen atoms in total. The number of alkyl carbamates (subject to hydrolysis) is 1. The topological polar surface area (TPSA) is 118 Å². The molecule has 3 aliphatic heterocycles.